The molecule has 4 nitrogen and oxygen atoms in total. The lowest BCUT2D eigenvalue weighted by Gasteiger charge is -2.01. The standard InChI is InChI=1S/C11H8BrNO3/c1-6-4-2-3-5-7(6)9-8(10(14)15)13-11(12)16-9/h2-5H,1H3,(H,14,15). The fraction of sp³-hybridized carbons (Fsp3) is 0.0909. The first-order chi connectivity index (χ1) is 7.59. The van der Waals surface area contributed by atoms with Crippen molar-refractivity contribution in [2.24, 2.45) is 0 Å². The summed E-state index contributed by atoms with van der Waals surface area (Å²) >= 11 is 3.03. The molecule has 0 saturated carbocycles. The monoisotopic (exact) mass is 281 g/mol. The lowest BCUT2D eigenvalue weighted by molar-refractivity contribution is 0.0691. The maximum Gasteiger partial charge on any atom is 0.358 e. The minimum absolute atomic E-state index is 0.0822. The summed E-state index contributed by atoms with van der Waals surface area (Å²) in [5.41, 5.74) is 1.59. The number of aryl methyl sites for hydroxylation is 1. The van der Waals surface area contributed by atoms with Gasteiger partial charge in [0.15, 0.2) is 11.5 Å². The molecule has 1 heterocycles. The highest BCUT2D eigenvalue weighted by Gasteiger charge is 2.20. The first kappa shape index (κ1) is 10.9. The van der Waals surface area contributed by atoms with E-state index in [-0.39, 0.29) is 16.3 Å². The van der Waals surface area contributed by atoms with Crippen LogP contribution in [0.25, 0.3) is 11.3 Å². The van der Waals surface area contributed by atoms with Crippen molar-refractivity contribution in [1.82, 2.24) is 4.98 Å². The van der Waals surface area contributed by atoms with Crippen molar-refractivity contribution in [1.29, 1.82) is 0 Å². The van der Waals surface area contributed by atoms with Crippen LogP contribution in [0.1, 0.15) is 16.1 Å². The molecule has 1 aromatic heterocycles. The van der Waals surface area contributed by atoms with E-state index in [0.29, 0.717) is 0 Å². The van der Waals surface area contributed by atoms with E-state index >= 15 is 0 Å². The molecule has 0 amide bonds. The maximum absolute atomic E-state index is 11.0. The highest BCUT2D eigenvalue weighted by molar-refractivity contribution is 9.10. The van der Waals surface area contributed by atoms with Crippen molar-refractivity contribution in [3.8, 4) is 11.3 Å². The molecule has 0 aliphatic carbocycles. The zero-order valence-electron chi connectivity index (χ0n) is 8.40. The highest BCUT2D eigenvalue weighted by atomic mass is 79.9. The second-order valence-electron chi connectivity index (χ2n) is 3.26. The molecule has 82 valence electrons. The van der Waals surface area contributed by atoms with Crippen molar-refractivity contribution in [2.75, 3.05) is 0 Å². The van der Waals surface area contributed by atoms with Gasteiger partial charge in [-0.25, -0.2) is 4.79 Å². The van der Waals surface area contributed by atoms with Crippen LogP contribution >= 0.6 is 15.9 Å². The third-order valence-electron chi connectivity index (χ3n) is 2.19. The van der Waals surface area contributed by atoms with Crippen LogP contribution in [0.3, 0.4) is 0 Å². The number of hydrogen-bond donors (Lipinski definition) is 1. The SMILES string of the molecule is Cc1ccccc1-c1oc(Br)nc1C(=O)O. The van der Waals surface area contributed by atoms with Crippen LogP contribution in [0.2, 0.25) is 0 Å². The summed E-state index contributed by atoms with van der Waals surface area (Å²) in [5.74, 6) is -0.829. The molecular weight excluding hydrogens is 274 g/mol. The molecular formula is C11H8BrNO3. The van der Waals surface area contributed by atoms with Crippen molar-refractivity contribution in [3.63, 3.8) is 0 Å². The van der Waals surface area contributed by atoms with Crippen LogP contribution in [-0.2, 0) is 0 Å². The molecule has 0 saturated heterocycles. The lowest BCUT2D eigenvalue weighted by Crippen LogP contribution is -1.99. The number of rotatable bonds is 2. The van der Waals surface area contributed by atoms with Gasteiger partial charge in [-0.05, 0) is 12.5 Å². The number of carboxylic acid groups (broad SMARTS) is 1. The van der Waals surface area contributed by atoms with Crippen LogP contribution in [0.15, 0.2) is 33.5 Å². The first-order valence-electron chi connectivity index (χ1n) is 4.55. The van der Waals surface area contributed by atoms with E-state index in [1.807, 2.05) is 25.1 Å². The average Bonchev–Trinajstić information content (AvgIpc) is 2.61. The Balaban J connectivity index is 2.64. The molecule has 0 spiro atoms. The predicted octanol–water partition coefficient (Wildman–Crippen LogP) is 3.11. The van der Waals surface area contributed by atoms with E-state index in [1.54, 1.807) is 6.07 Å². The van der Waals surface area contributed by atoms with Crippen LogP contribution in [-0.4, -0.2) is 16.1 Å². The maximum atomic E-state index is 11.0. The Bertz CT molecular complexity index is 548. The molecule has 0 unspecified atom stereocenters. The van der Waals surface area contributed by atoms with Crippen LogP contribution < -0.4 is 0 Å². The second kappa shape index (κ2) is 4.09. The molecule has 0 atom stereocenters. The van der Waals surface area contributed by atoms with Gasteiger partial charge in [0.25, 0.3) is 4.80 Å². The van der Waals surface area contributed by atoms with Gasteiger partial charge in [-0.3, -0.25) is 0 Å². The Labute approximate surface area is 100 Å². The van der Waals surface area contributed by atoms with Crippen molar-refractivity contribution >= 4 is 21.9 Å². The Kier molecular flexibility index (Phi) is 2.78. The fourth-order valence-electron chi connectivity index (χ4n) is 1.45. The van der Waals surface area contributed by atoms with Gasteiger partial charge in [-0.2, -0.15) is 4.98 Å². The number of hydrogen-bond acceptors (Lipinski definition) is 3. The number of carbonyl (C=O) groups is 1. The molecule has 0 aliphatic heterocycles. The number of halogens is 1. The molecule has 0 aliphatic rings. The Morgan fingerprint density at radius 1 is 1.44 bits per heavy atom. The van der Waals surface area contributed by atoms with Crippen molar-refractivity contribution < 1.29 is 14.3 Å². The van der Waals surface area contributed by atoms with Crippen LogP contribution in [0.4, 0.5) is 0 Å². The number of oxazole rings is 1. The molecule has 2 rings (SSSR count). The van der Waals surface area contributed by atoms with Gasteiger partial charge in [0.1, 0.15) is 0 Å². The summed E-state index contributed by atoms with van der Waals surface area (Å²) in [7, 11) is 0. The number of carboxylic acids is 1. The van der Waals surface area contributed by atoms with Gasteiger partial charge in [-0.1, -0.05) is 24.3 Å². The predicted molar refractivity (Wildman–Crippen MR) is 61.3 cm³/mol. The number of nitrogens with zero attached hydrogens (tertiary/aromatic N) is 1. The Hall–Kier alpha value is -1.62. The number of aromatic carboxylic acids is 1. The molecule has 16 heavy (non-hydrogen) atoms. The van der Waals surface area contributed by atoms with Crippen molar-refractivity contribution in [3.05, 3.63) is 40.3 Å². The molecule has 0 fully saturated rings. The quantitative estimate of drug-likeness (QED) is 0.919. The van der Waals surface area contributed by atoms with E-state index in [0.717, 1.165) is 11.1 Å². The third kappa shape index (κ3) is 1.86. The third-order valence-corrected chi connectivity index (χ3v) is 2.53. The number of aromatic nitrogens is 1. The van der Waals surface area contributed by atoms with E-state index in [9.17, 15) is 4.79 Å². The van der Waals surface area contributed by atoms with Crippen LogP contribution in [0.5, 0.6) is 0 Å². The highest BCUT2D eigenvalue weighted by Crippen LogP contribution is 2.29. The molecule has 1 N–H and O–H groups in total. The van der Waals surface area contributed by atoms with Gasteiger partial charge in [0.05, 0.1) is 0 Å². The largest absolute Gasteiger partial charge is 0.476 e. The molecule has 2 aromatic rings. The molecule has 0 bridgehead atoms. The average molecular weight is 282 g/mol. The summed E-state index contributed by atoms with van der Waals surface area (Å²) < 4.78 is 5.27. The van der Waals surface area contributed by atoms with Crippen molar-refractivity contribution in [2.45, 2.75) is 6.92 Å². The van der Waals surface area contributed by atoms with Gasteiger partial charge in [-0.15, -0.1) is 0 Å². The topological polar surface area (TPSA) is 63.3 Å². The van der Waals surface area contributed by atoms with Gasteiger partial charge in [0.2, 0.25) is 0 Å². The zero-order valence-corrected chi connectivity index (χ0v) is 9.98. The van der Waals surface area contributed by atoms with Gasteiger partial charge < -0.3 is 9.52 Å². The van der Waals surface area contributed by atoms with E-state index in [4.69, 9.17) is 9.52 Å². The smallest absolute Gasteiger partial charge is 0.358 e. The summed E-state index contributed by atoms with van der Waals surface area (Å²) in [6, 6.07) is 7.39. The Morgan fingerprint density at radius 3 is 2.75 bits per heavy atom. The van der Waals surface area contributed by atoms with E-state index in [2.05, 4.69) is 20.9 Å². The summed E-state index contributed by atoms with van der Waals surface area (Å²) in [6.45, 7) is 1.89. The zero-order chi connectivity index (χ0) is 11.7. The van der Waals surface area contributed by atoms with Gasteiger partial charge >= 0.3 is 5.97 Å². The lowest BCUT2D eigenvalue weighted by atomic mass is 10.1. The molecule has 5 heteroatoms. The summed E-state index contributed by atoms with van der Waals surface area (Å²) in [6.07, 6.45) is 0. The molecule has 1 aromatic carbocycles. The van der Waals surface area contributed by atoms with E-state index in [1.165, 1.54) is 0 Å². The van der Waals surface area contributed by atoms with Crippen LogP contribution in [0, 0.1) is 6.92 Å². The minimum atomic E-state index is -1.10. The van der Waals surface area contributed by atoms with E-state index < -0.39 is 5.97 Å². The second-order valence-corrected chi connectivity index (χ2v) is 3.94. The van der Waals surface area contributed by atoms with Gasteiger partial charge in [0, 0.05) is 21.5 Å². The molecule has 0 radical (unpaired) electrons. The minimum Gasteiger partial charge on any atom is -0.476 e. The number of benzene rings is 1. The normalized spacial score (nSPS) is 10.4. The Morgan fingerprint density at radius 2 is 2.12 bits per heavy atom. The first-order valence-corrected chi connectivity index (χ1v) is 5.34. The summed E-state index contributed by atoms with van der Waals surface area (Å²) in [5, 5.41) is 8.99. The summed E-state index contributed by atoms with van der Waals surface area (Å²) in [4.78, 5) is 14.9. The fourth-order valence-corrected chi connectivity index (χ4v) is 1.79.